The molecule has 0 unspecified atom stereocenters. The van der Waals surface area contributed by atoms with Crippen molar-refractivity contribution in [3.8, 4) is 11.1 Å². The first kappa shape index (κ1) is 18.1. The minimum absolute atomic E-state index is 0.0993. The summed E-state index contributed by atoms with van der Waals surface area (Å²) in [6.45, 7) is 1.95. The second kappa shape index (κ2) is 7.45. The molecule has 2 aromatic heterocycles. The molecule has 1 amide bonds. The van der Waals surface area contributed by atoms with E-state index in [1.165, 1.54) is 28.7 Å². The van der Waals surface area contributed by atoms with E-state index >= 15 is 0 Å². The van der Waals surface area contributed by atoms with E-state index in [2.05, 4.69) is 17.4 Å². The average Bonchev–Trinajstić information content (AvgIpc) is 3.12. The summed E-state index contributed by atoms with van der Waals surface area (Å²) in [4.78, 5) is 20.8. The summed E-state index contributed by atoms with van der Waals surface area (Å²) in [6, 6.07) is 19.9. The van der Waals surface area contributed by atoms with Crippen molar-refractivity contribution in [2.24, 2.45) is 0 Å². The van der Waals surface area contributed by atoms with Gasteiger partial charge in [0.05, 0.1) is 11.3 Å². The van der Waals surface area contributed by atoms with Crippen LogP contribution in [0.2, 0.25) is 0 Å². The van der Waals surface area contributed by atoms with E-state index in [1.54, 1.807) is 11.3 Å². The summed E-state index contributed by atoms with van der Waals surface area (Å²) in [5.41, 5.74) is 5.76. The van der Waals surface area contributed by atoms with Gasteiger partial charge in [0.1, 0.15) is 4.83 Å². The van der Waals surface area contributed by atoms with Gasteiger partial charge in [-0.05, 0) is 55.9 Å². The van der Waals surface area contributed by atoms with Gasteiger partial charge in [-0.3, -0.25) is 4.79 Å². The number of para-hydroxylation sites is 1. The van der Waals surface area contributed by atoms with Crippen LogP contribution < -0.4 is 5.32 Å². The average molecular weight is 399 g/mol. The maximum absolute atomic E-state index is 13.4. The Kier molecular flexibility index (Phi) is 4.64. The summed E-state index contributed by atoms with van der Waals surface area (Å²) in [7, 11) is 0. The van der Waals surface area contributed by atoms with Gasteiger partial charge in [0.2, 0.25) is 0 Å². The van der Waals surface area contributed by atoms with Gasteiger partial charge < -0.3 is 5.32 Å². The van der Waals surface area contributed by atoms with Crippen molar-refractivity contribution >= 4 is 33.1 Å². The van der Waals surface area contributed by atoms with E-state index in [9.17, 15) is 4.79 Å². The molecule has 0 saturated carbocycles. The van der Waals surface area contributed by atoms with Crippen molar-refractivity contribution in [1.29, 1.82) is 0 Å². The highest BCUT2D eigenvalue weighted by atomic mass is 32.1. The maximum Gasteiger partial charge on any atom is 0.258 e. The van der Waals surface area contributed by atoms with Crippen LogP contribution in [-0.2, 0) is 12.8 Å². The number of nitrogens with one attached hydrogen (secondary N) is 1. The fourth-order valence-corrected chi connectivity index (χ4v) is 5.61. The van der Waals surface area contributed by atoms with Gasteiger partial charge in [-0.15, -0.1) is 11.3 Å². The molecule has 0 atom stereocenters. The highest BCUT2D eigenvalue weighted by Crippen LogP contribution is 2.43. The van der Waals surface area contributed by atoms with Crippen LogP contribution in [0.1, 0.15) is 39.3 Å². The molecule has 1 aliphatic rings. The molecular weight excluding hydrogens is 376 g/mol. The van der Waals surface area contributed by atoms with Crippen LogP contribution in [0.4, 0.5) is 5.69 Å². The van der Waals surface area contributed by atoms with Gasteiger partial charge in [-0.2, -0.15) is 0 Å². The van der Waals surface area contributed by atoms with Crippen LogP contribution in [0.5, 0.6) is 0 Å². The second-order valence-corrected chi connectivity index (χ2v) is 8.61. The molecule has 2 heterocycles. The lowest BCUT2D eigenvalue weighted by atomic mass is 9.89. The van der Waals surface area contributed by atoms with Gasteiger partial charge in [0.15, 0.2) is 0 Å². The number of hydrogen-bond donors (Lipinski definition) is 1. The third-order valence-electron chi connectivity index (χ3n) is 5.60. The number of pyridine rings is 1. The standard InChI is InChI=1S/C25H22N2OS/c1-16-21(24(28)27-18-12-6-3-7-13-18)22(17-10-4-2-5-11-17)23-19-14-8-9-15-20(19)29-25(23)26-16/h2-7,10-13H,8-9,14-15H2,1H3,(H,27,28). The van der Waals surface area contributed by atoms with E-state index in [0.717, 1.165) is 40.2 Å². The second-order valence-electron chi connectivity index (χ2n) is 7.52. The number of amides is 1. The zero-order chi connectivity index (χ0) is 19.8. The van der Waals surface area contributed by atoms with Crippen molar-refractivity contribution in [3.05, 3.63) is 82.4 Å². The predicted molar refractivity (Wildman–Crippen MR) is 121 cm³/mol. The minimum Gasteiger partial charge on any atom is -0.322 e. The largest absolute Gasteiger partial charge is 0.322 e. The van der Waals surface area contributed by atoms with Crippen LogP contribution in [0.15, 0.2) is 60.7 Å². The molecule has 4 heteroatoms. The Balaban J connectivity index is 1.76. The lowest BCUT2D eigenvalue weighted by molar-refractivity contribution is 0.102. The fraction of sp³-hybridized carbons (Fsp3) is 0.200. The summed E-state index contributed by atoms with van der Waals surface area (Å²) in [5, 5.41) is 4.25. The number of carbonyl (C=O) groups excluding carboxylic acids is 1. The number of benzene rings is 2. The van der Waals surface area contributed by atoms with Crippen molar-refractivity contribution in [2.45, 2.75) is 32.6 Å². The first-order valence-corrected chi connectivity index (χ1v) is 10.9. The molecule has 0 saturated heterocycles. The van der Waals surface area contributed by atoms with E-state index in [1.807, 2.05) is 55.5 Å². The number of thiophene rings is 1. The van der Waals surface area contributed by atoms with E-state index in [0.29, 0.717) is 5.56 Å². The molecule has 1 aliphatic carbocycles. The van der Waals surface area contributed by atoms with Gasteiger partial charge >= 0.3 is 0 Å². The highest BCUT2D eigenvalue weighted by molar-refractivity contribution is 7.19. The zero-order valence-electron chi connectivity index (χ0n) is 16.4. The normalized spacial score (nSPS) is 13.3. The highest BCUT2D eigenvalue weighted by Gasteiger charge is 2.26. The SMILES string of the molecule is Cc1nc2sc3c(c2c(-c2ccccc2)c1C(=O)Nc1ccccc1)CCCC3. The van der Waals surface area contributed by atoms with Crippen LogP contribution >= 0.6 is 11.3 Å². The maximum atomic E-state index is 13.4. The van der Waals surface area contributed by atoms with Crippen molar-refractivity contribution < 1.29 is 4.79 Å². The van der Waals surface area contributed by atoms with Crippen LogP contribution in [0.25, 0.3) is 21.3 Å². The Labute approximate surface area is 174 Å². The quantitative estimate of drug-likeness (QED) is 0.434. The molecule has 144 valence electrons. The van der Waals surface area contributed by atoms with E-state index in [4.69, 9.17) is 4.98 Å². The molecule has 0 radical (unpaired) electrons. The number of anilines is 1. The third kappa shape index (κ3) is 3.23. The molecule has 0 bridgehead atoms. The van der Waals surface area contributed by atoms with E-state index in [-0.39, 0.29) is 5.91 Å². The number of aromatic nitrogens is 1. The molecule has 1 N–H and O–H groups in total. The van der Waals surface area contributed by atoms with Crippen molar-refractivity contribution in [1.82, 2.24) is 4.98 Å². The Morgan fingerprint density at radius 1 is 0.966 bits per heavy atom. The van der Waals surface area contributed by atoms with Gasteiger partial charge in [-0.25, -0.2) is 4.98 Å². The topological polar surface area (TPSA) is 42.0 Å². The number of aryl methyl sites for hydroxylation is 3. The van der Waals surface area contributed by atoms with Crippen LogP contribution in [0.3, 0.4) is 0 Å². The molecule has 5 rings (SSSR count). The van der Waals surface area contributed by atoms with Gasteiger partial charge in [-0.1, -0.05) is 48.5 Å². The van der Waals surface area contributed by atoms with Crippen LogP contribution in [-0.4, -0.2) is 10.9 Å². The lowest BCUT2D eigenvalue weighted by Gasteiger charge is -2.17. The molecule has 0 spiro atoms. The lowest BCUT2D eigenvalue weighted by Crippen LogP contribution is -2.16. The van der Waals surface area contributed by atoms with Gasteiger partial charge in [0, 0.05) is 21.5 Å². The molecular formula is C25H22N2OS. The monoisotopic (exact) mass is 398 g/mol. The first-order chi connectivity index (χ1) is 14.2. The molecule has 0 aliphatic heterocycles. The molecule has 4 aromatic rings. The molecule has 0 fully saturated rings. The summed E-state index contributed by atoms with van der Waals surface area (Å²) in [5.74, 6) is -0.0993. The number of carbonyl (C=O) groups is 1. The third-order valence-corrected chi connectivity index (χ3v) is 6.79. The Hall–Kier alpha value is -2.98. The number of fused-ring (bicyclic) bond motifs is 3. The van der Waals surface area contributed by atoms with Crippen molar-refractivity contribution in [3.63, 3.8) is 0 Å². The van der Waals surface area contributed by atoms with Crippen LogP contribution in [0, 0.1) is 6.92 Å². The zero-order valence-corrected chi connectivity index (χ0v) is 17.2. The summed E-state index contributed by atoms with van der Waals surface area (Å²) < 4.78 is 0. The van der Waals surface area contributed by atoms with Crippen molar-refractivity contribution in [2.75, 3.05) is 5.32 Å². The fourth-order valence-electron chi connectivity index (χ4n) is 4.29. The number of nitrogens with zero attached hydrogens (tertiary/aromatic N) is 1. The predicted octanol–water partition coefficient (Wildman–Crippen LogP) is 6.40. The number of rotatable bonds is 3. The molecule has 3 nitrogen and oxygen atoms in total. The number of hydrogen-bond acceptors (Lipinski definition) is 3. The minimum atomic E-state index is -0.0993. The van der Waals surface area contributed by atoms with Gasteiger partial charge in [0.25, 0.3) is 5.91 Å². The summed E-state index contributed by atoms with van der Waals surface area (Å²) >= 11 is 1.80. The Morgan fingerprint density at radius 3 is 2.41 bits per heavy atom. The molecule has 29 heavy (non-hydrogen) atoms. The first-order valence-electron chi connectivity index (χ1n) is 10.1. The molecule has 2 aromatic carbocycles. The smallest absolute Gasteiger partial charge is 0.258 e. The Morgan fingerprint density at radius 2 is 1.66 bits per heavy atom. The van der Waals surface area contributed by atoms with E-state index < -0.39 is 0 Å². The Bertz CT molecular complexity index is 1200. The summed E-state index contributed by atoms with van der Waals surface area (Å²) in [6.07, 6.45) is 4.63.